The van der Waals surface area contributed by atoms with Crippen LogP contribution in [0.3, 0.4) is 0 Å². The zero-order valence-electron chi connectivity index (χ0n) is 12.0. The summed E-state index contributed by atoms with van der Waals surface area (Å²) in [6.45, 7) is 9.52. The summed E-state index contributed by atoms with van der Waals surface area (Å²) in [5.74, 6) is 0.287. The van der Waals surface area contributed by atoms with Gasteiger partial charge in [0.2, 0.25) is 0 Å². The summed E-state index contributed by atoms with van der Waals surface area (Å²) in [4.78, 5) is 11.6. The average Bonchev–Trinajstić information content (AvgIpc) is 2.30. The van der Waals surface area contributed by atoms with Crippen LogP contribution in [0, 0.1) is 5.41 Å². The van der Waals surface area contributed by atoms with Gasteiger partial charge in [-0.25, -0.2) is 0 Å². The van der Waals surface area contributed by atoms with Crippen molar-refractivity contribution in [3.8, 4) is 0 Å². The monoisotopic (exact) mass is 246 g/mol. The van der Waals surface area contributed by atoms with Crippen LogP contribution in [0.1, 0.15) is 46.5 Å². The molecule has 100 valence electrons. The summed E-state index contributed by atoms with van der Waals surface area (Å²) in [5.41, 5.74) is -0.226. The van der Waals surface area contributed by atoms with Gasteiger partial charge in [-0.05, 0) is 19.3 Å². The lowest BCUT2D eigenvalue weighted by Gasteiger charge is -2.14. The first-order chi connectivity index (χ1) is 8.48. The molecule has 1 heteroatoms. The molecule has 0 spiro atoms. The van der Waals surface area contributed by atoms with Crippen LogP contribution >= 0.6 is 0 Å². The second-order valence-electron chi connectivity index (χ2n) is 5.29. The second kappa shape index (κ2) is 9.64. The van der Waals surface area contributed by atoms with Gasteiger partial charge in [-0.15, -0.1) is 6.58 Å². The fraction of sp³-hybridized carbons (Fsp3) is 0.471. The number of rotatable bonds is 8. The van der Waals surface area contributed by atoms with Crippen LogP contribution in [0.5, 0.6) is 0 Å². The van der Waals surface area contributed by atoms with Crippen molar-refractivity contribution in [1.29, 1.82) is 0 Å². The van der Waals surface area contributed by atoms with Gasteiger partial charge in [0.1, 0.15) is 5.78 Å². The highest BCUT2D eigenvalue weighted by molar-refractivity contribution is 5.84. The first-order valence-corrected chi connectivity index (χ1v) is 6.57. The van der Waals surface area contributed by atoms with Crippen LogP contribution in [0.15, 0.2) is 49.1 Å². The van der Waals surface area contributed by atoms with Crippen molar-refractivity contribution < 1.29 is 4.79 Å². The molecule has 0 aromatic rings. The average molecular weight is 246 g/mol. The summed E-state index contributed by atoms with van der Waals surface area (Å²) in [7, 11) is 0. The number of carbonyl (C=O) groups excluding carboxylic acids is 1. The minimum Gasteiger partial charge on any atom is -0.299 e. The lowest BCUT2D eigenvalue weighted by Crippen LogP contribution is -2.18. The van der Waals surface area contributed by atoms with E-state index in [-0.39, 0.29) is 11.2 Å². The number of hydrogen-bond donors (Lipinski definition) is 0. The Morgan fingerprint density at radius 2 is 1.33 bits per heavy atom. The third-order valence-electron chi connectivity index (χ3n) is 2.49. The van der Waals surface area contributed by atoms with E-state index >= 15 is 0 Å². The Hall–Kier alpha value is -1.37. The van der Waals surface area contributed by atoms with Gasteiger partial charge in [0.15, 0.2) is 0 Å². The van der Waals surface area contributed by atoms with E-state index in [2.05, 4.69) is 30.9 Å². The van der Waals surface area contributed by atoms with E-state index in [0.29, 0.717) is 6.42 Å². The summed E-state index contributed by atoms with van der Waals surface area (Å²) in [5, 5.41) is 0. The number of ketones is 1. The fourth-order valence-electron chi connectivity index (χ4n) is 1.23. The predicted molar refractivity (Wildman–Crippen MR) is 80.5 cm³/mol. The molecule has 0 N–H and O–H groups in total. The van der Waals surface area contributed by atoms with Gasteiger partial charge in [0.05, 0.1) is 0 Å². The Bertz CT molecular complexity index is 324. The van der Waals surface area contributed by atoms with Gasteiger partial charge >= 0.3 is 0 Å². The predicted octanol–water partition coefficient (Wildman–Crippen LogP) is 5.02. The highest BCUT2D eigenvalue weighted by Crippen LogP contribution is 2.16. The molecule has 0 saturated heterocycles. The number of allylic oxidation sites excluding steroid dienone is 7. The van der Waals surface area contributed by atoms with E-state index in [1.54, 1.807) is 0 Å². The number of Topliss-reactive ketones (excluding diaryl/α,β-unsaturated/α-hetero) is 1. The lowest BCUT2D eigenvalue weighted by atomic mass is 9.89. The molecule has 0 saturated carbocycles. The molecular weight excluding hydrogens is 220 g/mol. The van der Waals surface area contributed by atoms with E-state index in [1.165, 1.54) is 0 Å². The molecule has 0 aliphatic heterocycles. The topological polar surface area (TPSA) is 17.1 Å². The maximum atomic E-state index is 11.6. The van der Waals surface area contributed by atoms with Crippen molar-refractivity contribution in [1.82, 2.24) is 0 Å². The third-order valence-corrected chi connectivity index (χ3v) is 2.49. The molecule has 0 rings (SSSR count). The van der Waals surface area contributed by atoms with Gasteiger partial charge in [0.25, 0.3) is 0 Å². The molecule has 0 bridgehead atoms. The Morgan fingerprint density at radius 3 is 1.78 bits per heavy atom. The molecule has 0 radical (unpaired) electrons. The van der Waals surface area contributed by atoms with Crippen LogP contribution < -0.4 is 0 Å². The van der Waals surface area contributed by atoms with E-state index in [0.717, 1.165) is 19.3 Å². The van der Waals surface area contributed by atoms with E-state index in [4.69, 9.17) is 0 Å². The smallest absolute Gasteiger partial charge is 0.141 e. The van der Waals surface area contributed by atoms with Crippen LogP contribution in [0.25, 0.3) is 0 Å². The van der Waals surface area contributed by atoms with E-state index < -0.39 is 0 Å². The zero-order valence-corrected chi connectivity index (χ0v) is 12.0. The molecular formula is C17H26O. The molecule has 0 amide bonds. The van der Waals surface area contributed by atoms with Gasteiger partial charge in [-0.2, -0.15) is 0 Å². The van der Waals surface area contributed by atoms with Gasteiger partial charge < -0.3 is 0 Å². The maximum Gasteiger partial charge on any atom is 0.141 e. The fourth-order valence-corrected chi connectivity index (χ4v) is 1.23. The molecule has 0 atom stereocenters. The van der Waals surface area contributed by atoms with Crippen LogP contribution in [0.4, 0.5) is 0 Å². The Morgan fingerprint density at radius 1 is 0.889 bits per heavy atom. The standard InChI is InChI=1S/C17H26O/c1-5-6-7-8-9-10-11-12-13-14-15-16(18)17(2,3)4/h5,7-8,10-11,13-14H,1,6,9,12,15H2,2-4H3/b8-7-,11-10-,14-13-. The van der Waals surface area contributed by atoms with Crippen LogP contribution in [-0.4, -0.2) is 5.78 Å². The number of carbonyl (C=O) groups is 1. The molecule has 0 fully saturated rings. The molecule has 0 aliphatic rings. The quantitative estimate of drug-likeness (QED) is 0.550. The Kier molecular flexibility index (Phi) is 8.91. The summed E-state index contributed by atoms with van der Waals surface area (Å²) in [6.07, 6.45) is 17.7. The third kappa shape index (κ3) is 9.83. The SMILES string of the molecule is C=CC/C=C\C/C=C\C/C=C\CC(=O)C(C)(C)C. The lowest BCUT2D eigenvalue weighted by molar-refractivity contribution is -0.125. The van der Waals surface area contributed by atoms with Gasteiger partial charge in [0, 0.05) is 11.8 Å². The largest absolute Gasteiger partial charge is 0.299 e. The van der Waals surface area contributed by atoms with Crippen LogP contribution in [-0.2, 0) is 4.79 Å². The van der Waals surface area contributed by atoms with Gasteiger partial charge in [-0.3, -0.25) is 4.79 Å². The van der Waals surface area contributed by atoms with Crippen molar-refractivity contribution in [2.24, 2.45) is 5.41 Å². The Balaban J connectivity index is 3.69. The molecule has 0 heterocycles. The minimum absolute atomic E-state index is 0.226. The highest BCUT2D eigenvalue weighted by atomic mass is 16.1. The first kappa shape index (κ1) is 16.6. The molecule has 0 unspecified atom stereocenters. The molecule has 0 aliphatic carbocycles. The zero-order chi connectivity index (χ0) is 13.9. The van der Waals surface area contributed by atoms with Gasteiger partial charge in [-0.1, -0.05) is 63.3 Å². The maximum absolute atomic E-state index is 11.6. The van der Waals surface area contributed by atoms with Crippen LogP contribution in [0.2, 0.25) is 0 Å². The molecule has 0 aromatic heterocycles. The normalized spacial score (nSPS) is 12.8. The van der Waals surface area contributed by atoms with Crippen molar-refractivity contribution in [3.05, 3.63) is 49.1 Å². The molecule has 0 aromatic carbocycles. The first-order valence-electron chi connectivity index (χ1n) is 6.57. The highest BCUT2D eigenvalue weighted by Gasteiger charge is 2.18. The van der Waals surface area contributed by atoms with Crippen molar-refractivity contribution in [2.75, 3.05) is 0 Å². The summed E-state index contributed by atoms with van der Waals surface area (Å²) in [6, 6.07) is 0. The van der Waals surface area contributed by atoms with Crippen molar-refractivity contribution >= 4 is 5.78 Å². The second-order valence-corrected chi connectivity index (χ2v) is 5.29. The number of hydrogen-bond acceptors (Lipinski definition) is 1. The molecule has 1 nitrogen and oxygen atoms in total. The summed E-state index contributed by atoms with van der Waals surface area (Å²) >= 11 is 0. The molecule has 18 heavy (non-hydrogen) atoms. The van der Waals surface area contributed by atoms with E-state index in [9.17, 15) is 4.79 Å². The minimum atomic E-state index is -0.226. The summed E-state index contributed by atoms with van der Waals surface area (Å²) < 4.78 is 0. The van der Waals surface area contributed by atoms with E-state index in [1.807, 2.05) is 39.0 Å². The van der Waals surface area contributed by atoms with Crippen molar-refractivity contribution in [2.45, 2.75) is 46.5 Å². The van der Waals surface area contributed by atoms with Crippen molar-refractivity contribution in [3.63, 3.8) is 0 Å². The Labute approximate surface area is 112 Å².